The van der Waals surface area contributed by atoms with Crippen LogP contribution in [-0.4, -0.2) is 87.5 Å². The smallest absolute Gasteiger partial charge is 0.220 e. The second-order valence-corrected chi connectivity index (χ2v) is 21.5. The highest BCUT2D eigenvalue weighted by molar-refractivity contribution is 5.76. The standard InChI is InChI=1S/C64H117NO8/c1-3-5-7-9-11-13-15-17-19-21-22-23-24-25-26-27-28-29-30-31-32-33-34-35-36-38-40-42-44-46-48-50-52-54-60(68)65-57(56-72-64-63(71)62(70)61(69)59(55-66)73-64)58(67)53-51-49-47-45-43-41-39-37-20-18-16-14-12-10-8-6-4-2/h15,17,20-22,37,43,45,51,53,57-59,61-64,66-67,69-71H,3-14,16,18-19,23-36,38-42,44,46-50,52,54-56H2,1-2H3,(H,65,68)/b17-15-,22-21-,37-20+,45-43+,53-51+. The quantitative estimate of drug-likeness (QED) is 0.0261. The van der Waals surface area contributed by atoms with Gasteiger partial charge in [-0.15, -0.1) is 0 Å². The zero-order chi connectivity index (χ0) is 52.9. The van der Waals surface area contributed by atoms with Crippen LogP contribution in [0.25, 0.3) is 0 Å². The summed E-state index contributed by atoms with van der Waals surface area (Å²) in [7, 11) is 0. The van der Waals surface area contributed by atoms with Crippen LogP contribution in [0.2, 0.25) is 0 Å². The minimum Gasteiger partial charge on any atom is -0.394 e. The van der Waals surface area contributed by atoms with Crippen molar-refractivity contribution in [3.63, 3.8) is 0 Å². The van der Waals surface area contributed by atoms with Gasteiger partial charge in [0.15, 0.2) is 6.29 Å². The SMILES string of the molecule is CCCCCCC/C=C\C/C=C\CCCCCCCCCCCCCCCCCCCCCCCC(=O)NC(COC1OC(CO)C(O)C(O)C1O)C(O)/C=C/CC/C=C/CC/C=C/CCCCCCCCC. The van der Waals surface area contributed by atoms with Crippen molar-refractivity contribution in [2.24, 2.45) is 0 Å². The fourth-order valence-corrected chi connectivity index (χ4v) is 9.63. The number of aliphatic hydroxyl groups is 5. The first-order valence-corrected chi connectivity index (χ1v) is 31.0. The zero-order valence-corrected chi connectivity index (χ0v) is 47.4. The summed E-state index contributed by atoms with van der Waals surface area (Å²) in [6.07, 6.45) is 65.9. The Balaban J connectivity index is 2.14. The van der Waals surface area contributed by atoms with Crippen LogP contribution in [0, 0.1) is 0 Å². The molecule has 9 nitrogen and oxygen atoms in total. The highest BCUT2D eigenvalue weighted by Crippen LogP contribution is 2.23. The zero-order valence-electron chi connectivity index (χ0n) is 47.4. The lowest BCUT2D eigenvalue weighted by Crippen LogP contribution is -2.60. The Kier molecular flexibility index (Phi) is 50.3. The molecular weight excluding hydrogens is 911 g/mol. The van der Waals surface area contributed by atoms with Gasteiger partial charge in [-0.1, -0.05) is 261 Å². The van der Waals surface area contributed by atoms with Crippen LogP contribution in [0.1, 0.15) is 284 Å². The normalized spacial score (nSPS) is 19.5. The first-order chi connectivity index (χ1) is 35.8. The maximum atomic E-state index is 13.1. The fraction of sp³-hybridized carbons (Fsp3) is 0.828. The van der Waals surface area contributed by atoms with Crippen molar-refractivity contribution in [2.75, 3.05) is 13.2 Å². The molecule has 1 saturated heterocycles. The first-order valence-electron chi connectivity index (χ1n) is 31.0. The van der Waals surface area contributed by atoms with Crippen molar-refractivity contribution in [3.8, 4) is 0 Å². The molecule has 426 valence electrons. The monoisotopic (exact) mass is 1030 g/mol. The Morgan fingerprint density at radius 3 is 1.23 bits per heavy atom. The summed E-state index contributed by atoms with van der Waals surface area (Å²) in [5, 5.41) is 54.5. The second-order valence-electron chi connectivity index (χ2n) is 21.5. The van der Waals surface area contributed by atoms with E-state index in [9.17, 15) is 30.3 Å². The molecule has 0 aromatic heterocycles. The van der Waals surface area contributed by atoms with Gasteiger partial charge in [0.25, 0.3) is 0 Å². The molecule has 0 bridgehead atoms. The van der Waals surface area contributed by atoms with Crippen molar-refractivity contribution in [2.45, 2.75) is 326 Å². The number of unbranched alkanes of at least 4 members (excludes halogenated alkanes) is 35. The maximum Gasteiger partial charge on any atom is 0.220 e. The van der Waals surface area contributed by atoms with Crippen molar-refractivity contribution >= 4 is 5.91 Å². The van der Waals surface area contributed by atoms with Crippen LogP contribution in [0.3, 0.4) is 0 Å². The molecule has 6 N–H and O–H groups in total. The number of carbonyl (C=O) groups excluding carboxylic acids is 1. The molecule has 1 aliphatic heterocycles. The molecule has 1 rings (SSSR count). The number of allylic oxidation sites excluding steroid dienone is 9. The summed E-state index contributed by atoms with van der Waals surface area (Å²) in [4.78, 5) is 13.1. The van der Waals surface area contributed by atoms with Crippen molar-refractivity contribution in [1.82, 2.24) is 5.32 Å². The number of aliphatic hydroxyl groups excluding tert-OH is 5. The third-order valence-electron chi connectivity index (χ3n) is 14.5. The third kappa shape index (κ3) is 42.7. The summed E-state index contributed by atoms with van der Waals surface area (Å²) in [6, 6.07) is -0.829. The topological polar surface area (TPSA) is 149 Å². The van der Waals surface area contributed by atoms with Crippen LogP contribution in [-0.2, 0) is 14.3 Å². The van der Waals surface area contributed by atoms with Gasteiger partial charge in [-0.2, -0.15) is 0 Å². The Morgan fingerprint density at radius 2 is 0.822 bits per heavy atom. The Hall–Kier alpha value is -2.11. The number of ether oxygens (including phenoxy) is 2. The van der Waals surface area contributed by atoms with Gasteiger partial charge in [-0.25, -0.2) is 0 Å². The molecular formula is C64H117NO8. The highest BCUT2D eigenvalue weighted by atomic mass is 16.7. The van der Waals surface area contributed by atoms with Crippen LogP contribution in [0.4, 0.5) is 0 Å². The molecule has 1 aliphatic rings. The van der Waals surface area contributed by atoms with Gasteiger partial charge in [-0.3, -0.25) is 4.79 Å². The summed E-state index contributed by atoms with van der Waals surface area (Å²) in [5.74, 6) is -0.188. The number of hydrogen-bond acceptors (Lipinski definition) is 8. The number of carbonyl (C=O) groups is 1. The number of amides is 1. The van der Waals surface area contributed by atoms with Crippen molar-refractivity contribution < 1.29 is 39.8 Å². The van der Waals surface area contributed by atoms with Gasteiger partial charge in [0, 0.05) is 6.42 Å². The van der Waals surface area contributed by atoms with Crippen molar-refractivity contribution in [3.05, 3.63) is 60.8 Å². The molecule has 1 heterocycles. The largest absolute Gasteiger partial charge is 0.394 e. The second kappa shape index (κ2) is 53.3. The van der Waals surface area contributed by atoms with E-state index >= 15 is 0 Å². The average molecular weight is 1030 g/mol. The molecule has 1 amide bonds. The fourth-order valence-electron chi connectivity index (χ4n) is 9.63. The first kappa shape index (κ1) is 68.9. The summed E-state index contributed by atoms with van der Waals surface area (Å²) < 4.78 is 11.3. The Morgan fingerprint density at radius 1 is 0.466 bits per heavy atom. The lowest BCUT2D eigenvalue weighted by molar-refractivity contribution is -0.302. The van der Waals surface area contributed by atoms with E-state index in [4.69, 9.17) is 9.47 Å². The van der Waals surface area contributed by atoms with Gasteiger partial charge < -0.3 is 40.3 Å². The molecule has 73 heavy (non-hydrogen) atoms. The van der Waals surface area contributed by atoms with E-state index in [0.29, 0.717) is 6.42 Å². The van der Waals surface area contributed by atoms with E-state index in [1.54, 1.807) is 6.08 Å². The van der Waals surface area contributed by atoms with Gasteiger partial charge in [-0.05, 0) is 77.0 Å². The van der Waals surface area contributed by atoms with E-state index in [1.807, 2.05) is 6.08 Å². The summed E-state index contributed by atoms with van der Waals surface area (Å²) >= 11 is 0. The van der Waals surface area contributed by atoms with E-state index in [-0.39, 0.29) is 12.5 Å². The number of hydrogen-bond donors (Lipinski definition) is 6. The molecule has 0 radical (unpaired) electrons. The molecule has 7 atom stereocenters. The predicted molar refractivity (Wildman–Crippen MR) is 309 cm³/mol. The van der Waals surface area contributed by atoms with Crippen LogP contribution in [0.5, 0.6) is 0 Å². The maximum absolute atomic E-state index is 13.1. The molecule has 0 aromatic carbocycles. The molecule has 0 saturated carbocycles. The number of rotatable bonds is 53. The van der Waals surface area contributed by atoms with E-state index in [2.05, 4.69) is 67.8 Å². The lowest BCUT2D eigenvalue weighted by Gasteiger charge is -2.40. The minimum absolute atomic E-state index is 0.188. The van der Waals surface area contributed by atoms with Crippen LogP contribution in [0.15, 0.2) is 60.8 Å². The number of nitrogens with one attached hydrogen (secondary N) is 1. The lowest BCUT2D eigenvalue weighted by atomic mass is 9.99. The Labute approximate surface area is 449 Å². The highest BCUT2D eigenvalue weighted by Gasteiger charge is 2.44. The molecule has 0 spiro atoms. The van der Waals surface area contributed by atoms with Gasteiger partial charge in [0.2, 0.25) is 5.91 Å². The average Bonchev–Trinajstić information content (AvgIpc) is 3.39. The van der Waals surface area contributed by atoms with E-state index in [1.165, 1.54) is 205 Å². The summed E-state index contributed by atoms with van der Waals surface area (Å²) in [6.45, 7) is 3.76. The van der Waals surface area contributed by atoms with Gasteiger partial charge >= 0.3 is 0 Å². The molecule has 1 fully saturated rings. The van der Waals surface area contributed by atoms with Crippen LogP contribution >= 0.6 is 0 Å². The summed E-state index contributed by atoms with van der Waals surface area (Å²) in [5.41, 5.74) is 0. The third-order valence-corrected chi connectivity index (χ3v) is 14.5. The van der Waals surface area contributed by atoms with Gasteiger partial charge in [0.05, 0.1) is 25.4 Å². The van der Waals surface area contributed by atoms with Gasteiger partial charge in [0.1, 0.15) is 24.4 Å². The van der Waals surface area contributed by atoms with E-state index in [0.717, 1.165) is 57.8 Å². The molecule has 9 heteroatoms. The molecule has 7 unspecified atom stereocenters. The predicted octanol–water partition coefficient (Wildman–Crippen LogP) is 15.9. The van der Waals surface area contributed by atoms with Crippen LogP contribution < -0.4 is 5.32 Å². The van der Waals surface area contributed by atoms with Crippen molar-refractivity contribution in [1.29, 1.82) is 0 Å². The molecule has 0 aliphatic carbocycles. The Bertz CT molecular complexity index is 1330. The molecule has 0 aromatic rings. The minimum atomic E-state index is -1.58. The van der Waals surface area contributed by atoms with E-state index < -0.39 is 49.5 Å².